The summed E-state index contributed by atoms with van der Waals surface area (Å²) in [5.41, 5.74) is 1.42. The molecule has 9 nitrogen and oxygen atoms in total. The maximum absolute atomic E-state index is 14.4. The number of hydrogen-bond acceptors (Lipinski definition) is 7. The first-order chi connectivity index (χ1) is 16.0. The number of aromatic nitrogens is 4. The summed E-state index contributed by atoms with van der Waals surface area (Å²) in [7, 11) is 0. The Labute approximate surface area is 191 Å². The normalized spacial score (nSPS) is 18.9. The summed E-state index contributed by atoms with van der Waals surface area (Å²) in [6.07, 6.45) is 7.13. The van der Waals surface area contributed by atoms with Gasteiger partial charge in [0.05, 0.1) is 18.0 Å². The van der Waals surface area contributed by atoms with E-state index in [0.717, 1.165) is 32.6 Å². The average molecular weight is 454 g/mol. The second kappa shape index (κ2) is 8.93. The first-order valence-corrected chi connectivity index (χ1v) is 11.4. The van der Waals surface area contributed by atoms with E-state index in [0.29, 0.717) is 35.8 Å². The van der Waals surface area contributed by atoms with E-state index >= 15 is 0 Å². The zero-order valence-corrected chi connectivity index (χ0v) is 18.8. The molecule has 0 aromatic carbocycles. The summed E-state index contributed by atoms with van der Waals surface area (Å²) in [5, 5.41) is 6.08. The number of amides is 1. The minimum Gasteiger partial charge on any atom is -0.477 e. The number of imidazole rings is 1. The van der Waals surface area contributed by atoms with E-state index in [1.807, 2.05) is 6.92 Å². The SMILES string of the molecule is CCOc1nc(N2CCCC(C3CNC3)C2)ncc1C(=O)Nc1cc(F)c2nc(C)cn2c1. The maximum atomic E-state index is 14.4. The molecule has 1 unspecified atom stereocenters. The van der Waals surface area contributed by atoms with Crippen LogP contribution < -0.4 is 20.3 Å². The average Bonchev–Trinajstić information content (AvgIpc) is 3.14. The Kier molecular flexibility index (Phi) is 5.84. The van der Waals surface area contributed by atoms with Gasteiger partial charge in [-0.2, -0.15) is 4.98 Å². The monoisotopic (exact) mass is 453 g/mol. The molecule has 2 saturated heterocycles. The Bertz CT molecular complexity index is 1180. The molecule has 5 rings (SSSR count). The van der Waals surface area contributed by atoms with E-state index < -0.39 is 11.7 Å². The third-order valence-electron chi connectivity index (χ3n) is 6.37. The maximum Gasteiger partial charge on any atom is 0.262 e. The standard InChI is InChI=1S/C23H28FN7O2/c1-3-33-22-18(21(32)28-17-7-19(24)20-27-14(2)11-31(20)13-17)10-26-23(29-22)30-6-4-5-15(12-30)16-8-25-9-16/h7,10-11,13,15-16,25H,3-6,8-9,12H2,1-2H3,(H,28,32). The van der Waals surface area contributed by atoms with Gasteiger partial charge in [-0.25, -0.2) is 14.4 Å². The highest BCUT2D eigenvalue weighted by Crippen LogP contribution is 2.29. The number of nitrogens with one attached hydrogen (secondary N) is 2. The zero-order chi connectivity index (χ0) is 22.9. The number of nitrogens with zero attached hydrogens (tertiary/aromatic N) is 5. The van der Waals surface area contributed by atoms with Crippen molar-refractivity contribution in [3.8, 4) is 5.88 Å². The van der Waals surface area contributed by atoms with Crippen molar-refractivity contribution >= 4 is 23.2 Å². The van der Waals surface area contributed by atoms with Crippen LogP contribution in [-0.4, -0.2) is 58.0 Å². The van der Waals surface area contributed by atoms with Gasteiger partial charge in [0.15, 0.2) is 11.5 Å². The molecule has 1 amide bonds. The van der Waals surface area contributed by atoms with E-state index in [9.17, 15) is 9.18 Å². The quantitative estimate of drug-likeness (QED) is 0.592. The molecule has 0 aliphatic carbocycles. The molecule has 0 saturated carbocycles. The summed E-state index contributed by atoms with van der Waals surface area (Å²) >= 11 is 0. The van der Waals surface area contributed by atoms with E-state index in [-0.39, 0.29) is 17.1 Å². The van der Waals surface area contributed by atoms with Crippen LogP contribution in [0.4, 0.5) is 16.0 Å². The van der Waals surface area contributed by atoms with Crippen LogP contribution in [0, 0.1) is 24.6 Å². The van der Waals surface area contributed by atoms with Gasteiger partial charge in [-0.15, -0.1) is 0 Å². The Hall–Kier alpha value is -3.27. The first-order valence-electron chi connectivity index (χ1n) is 11.4. The van der Waals surface area contributed by atoms with Gasteiger partial charge in [0.2, 0.25) is 11.8 Å². The van der Waals surface area contributed by atoms with Crippen molar-refractivity contribution < 1.29 is 13.9 Å². The van der Waals surface area contributed by atoms with Gasteiger partial charge in [0.1, 0.15) is 5.56 Å². The number of pyridine rings is 1. The minimum atomic E-state index is -0.515. The zero-order valence-electron chi connectivity index (χ0n) is 18.8. The first kappa shape index (κ1) is 21.6. The van der Waals surface area contributed by atoms with E-state index in [1.165, 1.54) is 18.7 Å². The second-order valence-corrected chi connectivity index (χ2v) is 8.73. The summed E-state index contributed by atoms with van der Waals surface area (Å²) in [6.45, 7) is 7.94. The molecule has 2 N–H and O–H groups in total. The predicted octanol–water partition coefficient (Wildman–Crippen LogP) is 2.66. The molecule has 2 fully saturated rings. The Morgan fingerprint density at radius 2 is 2.15 bits per heavy atom. The van der Waals surface area contributed by atoms with Gasteiger partial charge in [-0.3, -0.25) is 4.79 Å². The van der Waals surface area contributed by atoms with Gasteiger partial charge in [0, 0.05) is 37.7 Å². The molecule has 10 heteroatoms. The number of aryl methyl sites for hydroxylation is 1. The molecule has 3 aromatic heterocycles. The molecule has 2 aliphatic rings. The van der Waals surface area contributed by atoms with Crippen LogP contribution in [0.1, 0.15) is 35.8 Å². The van der Waals surface area contributed by atoms with Gasteiger partial charge < -0.3 is 24.7 Å². The lowest BCUT2D eigenvalue weighted by Gasteiger charge is -2.41. The fourth-order valence-electron chi connectivity index (χ4n) is 4.58. The lowest BCUT2D eigenvalue weighted by atomic mass is 9.82. The smallest absolute Gasteiger partial charge is 0.262 e. The van der Waals surface area contributed by atoms with E-state index in [2.05, 4.69) is 30.5 Å². The molecule has 0 bridgehead atoms. The van der Waals surface area contributed by atoms with Crippen LogP contribution >= 0.6 is 0 Å². The van der Waals surface area contributed by atoms with Crippen molar-refractivity contribution in [3.63, 3.8) is 0 Å². The number of carbonyl (C=O) groups is 1. The molecule has 174 valence electrons. The molecular weight excluding hydrogens is 425 g/mol. The van der Waals surface area contributed by atoms with Crippen molar-refractivity contribution in [2.45, 2.75) is 26.7 Å². The van der Waals surface area contributed by atoms with Gasteiger partial charge >= 0.3 is 0 Å². The molecular formula is C23H28FN7O2. The third kappa shape index (κ3) is 4.35. The van der Waals surface area contributed by atoms with Crippen LogP contribution in [0.5, 0.6) is 5.88 Å². The lowest BCUT2D eigenvalue weighted by molar-refractivity contribution is 0.102. The molecule has 0 spiro atoms. The van der Waals surface area contributed by atoms with E-state index in [1.54, 1.807) is 23.7 Å². The number of halogens is 1. The van der Waals surface area contributed by atoms with Crippen LogP contribution in [0.15, 0.2) is 24.7 Å². The molecule has 0 radical (unpaired) electrons. The summed E-state index contributed by atoms with van der Waals surface area (Å²) in [5.74, 6) is 1.16. The second-order valence-electron chi connectivity index (χ2n) is 8.73. The molecule has 2 aliphatic heterocycles. The van der Waals surface area contributed by atoms with Crippen molar-refractivity contribution in [1.29, 1.82) is 0 Å². The highest BCUT2D eigenvalue weighted by molar-refractivity contribution is 6.05. The van der Waals surface area contributed by atoms with Crippen LogP contribution in [0.25, 0.3) is 5.65 Å². The number of piperidine rings is 1. The Balaban J connectivity index is 1.36. The van der Waals surface area contributed by atoms with Crippen molar-refractivity contribution in [2.75, 3.05) is 43.0 Å². The summed E-state index contributed by atoms with van der Waals surface area (Å²) < 4.78 is 21.6. The number of anilines is 2. The van der Waals surface area contributed by atoms with Crippen molar-refractivity contribution in [1.82, 2.24) is 24.7 Å². The molecule has 5 heterocycles. The molecule has 1 atom stereocenters. The number of carbonyl (C=O) groups excluding carboxylic acids is 1. The summed E-state index contributed by atoms with van der Waals surface area (Å²) in [6, 6.07) is 1.25. The fraction of sp³-hybridized carbons (Fsp3) is 0.478. The number of ether oxygens (including phenoxy) is 1. The Morgan fingerprint density at radius 1 is 1.30 bits per heavy atom. The largest absolute Gasteiger partial charge is 0.477 e. The van der Waals surface area contributed by atoms with Gasteiger partial charge in [-0.1, -0.05) is 0 Å². The van der Waals surface area contributed by atoms with Crippen molar-refractivity contribution in [3.05, 3.63) is 41.7 Å². The summed E-state index contributed by atoms with van der Waals surface area (Å²) in [4.78, 5) is 28.4. The number of fused-ring (bicyclic) bond motifs is 1. The van der Waals surface area contributed by atoms with E-state index in [4.69, 9.17) is 4.74 Å². The lowest BCUT2D eigenvalue weighted by Crippen LogP contribution is -2.51. The number of hydrogen-bond donors (Lipinski definition) is 2. The van der Waals surface area contributed by atoms with Crippen molar-refractivity contribution in [2.24, 2.45) is 11.8 Å². The fourth-order valence-corrected chi connectivity index (χ4v) is 4.58. The third-order valence-corrected chi connectivity index (χ3v) is 6.37. The van der Waals surface area contributed by atoms with Crippen LogP contribution in [0.3, 0.4) is 0 Å². The highest BCUT2D eigenvalue weighted by Gasteiger charge is 2.32. The highest BCUT2D eigenvalue weighted by atomic mass is 19.1. The predicted molar refractivity (Wildman–Crippen MR) is 122 cm³/mol. The van der Waals surface area contributed by atoms with Gasteiger partial charge in [0.25, 0.3) is 5.91 Å². The topological polar surface area (TPSA) is 96.7 Å². The minimum absolute atomic E-state index is 0.208. The van der Waals surface area contributed by atoms with Crippen LogP contribution in [-0.2, 0) is 0 Å². The molecule has 33 heavy (non-hydrogen) atoms. The van der Waals surface area contributed by atoms with Gasteiger partial charge in [-0.05, 0) is 51.6 Å². The number of rotatable bonds is 6. The van der Waals surface area contributed by atoms with Crippen LogP contribution in [0.2, 0.25) is 0 Å². The Morgan fingerprint density at radius 3 is 2.91 bits per heavy atom. The molecule has 3 aromatic rings.